The monoisotopic (exact) mass is 580 g/mol. The highest BCUT2D eigenvalue weighted by atomic mass is 35.5. The number of allylic oxidation sites excluding steroid dienone is 3. The molecule has 0 fully saturated rings. The molecule has 0 saturated heterocycles. The Bertz CT molecular complexity index is 1500. The minimum Gasteiger partial charge on any atom is -0.382 e. The van der Waals surface area contributed by atoms with Gasteiger partial charge in [0.2, 0.25) is 0 Å². The third kappa shape index (κ3) is 5.88. The van der Waals surface area contributed by atoms with Gasteiger partial charge in [-0.15, -0.1) is 21.8 Å². The quantitative estimate of drug-likeness (QED) is 0.237. The van der Waals surface area contributed by atoms with Gasteiger partial charge in [0, 0.05) is 41.9 Å². The van der Waals surface area contributed by atoms with Crippen LogP contribution in [0.15, 0.2) is 88.4 Å². The van der Waals surface area contributed by atoms with Gasteiger partial charge >= 0.3 is 0 Å². The first-order valence-corrected chi connectivity index (χ1v) is 14.4. The van der Waals surface area contributed by atoms with Crippen molar-refractivity contribution in [1.29, 1.82) is 0 Å². The molecule has 4 rings (SSSR count). The van der Waals surface area contributed by atoms with Crippen LogP contribution in [0.4, 0.5) is 0 Å². The summed E-state index contributed by atoms with van der Waals surface area (Å²) in [7, 11) is 1.75. The summed E-state index contributed by atoms with van der Waals surface area (Å²) in [5.41, 5.74) is 3.89. The fraction of sp³-hybridized carbons (Fsp3) is 0.276. The molecule has 1 aromatic carbocycles. The predicted molar refractivity (Wildman–Crippen MR) is 160 cm³/mol. The number of hydrogen-bond donors (Lipinski definition) is 1. The molecule has 2 aromatic heterocycles. The maximum atomic E-state index is 13.1. The van der Waals surface area contributed by atoms with Crippen molar-refractivity contribution in [2.24, 2.45) is 12.2 Å². The third-order valence-corrected chi connectivity index (χ3v) is 8.40. The van der Waals surface area contributed by atoms with Crippen LogP contribution in [-0.2, 0) is 19.0 Å². The number of benzene rings is 1. The number of thioether (sulfide) groups is 1. The molecule has 0 spiro atoms. The van der Waals surface area contributed by atoms with Gasteiger partial charge in [-0.3, -0.25) is 0 Å². The van der Waals surface area contributed by atoms with E-state index in [1.807, 2.05) is 45.2 Å². The third-order valence-electron chi connectivity index (χ3n) is 6.80. The number of aromatic nitrogens is 4. The Morgan fingerprint density at radius 2 is 1.90 bits per heavy atom. The summed E-state index contributed by atoms with van der Waals surface area (Å²) in [6.45, 7) is 5.86. The molecule has 0 bridgehead atoms. The Kier molecular flexibility index (Phi) is 9.10. The maximum Gasteiger partial charge on any atom is 0.194 e. The van der Waals surface area contributed by atoms with Gasteiger partial charge in [0.25, 0.3) is 0 Å². The average molecular weight is 582 g/mol. The summed E-state index contributed by atoms with van der Waals surface area (Å²) >= 11 is 15.3. The van der Waals surface area contributed by atoms with Crippen LogP contribution in [-0.4, -0.2) is 32.3 Å². The molecule has 3 heterocycles. The number of hydrogen-bond acceptors (Lipinski definition) is 7. The lowest BCUT2D eigenvalue weighted by Gasteiger charge is -2.35. The Hall–Kier alpha value is -3.20. The highest BCUT2D eigenvalue weighted by molar-refractivity contribution is 7.98. The summed E-state index contributed by atoms with van der Waals surface area (Å²) in [6, 6.07) is 13.5. The zero-order valence-electron chi connectivity index (χ0n) is 22.4. The second-order valence-electron chi connectivity index (χ2n) is 9.41. The SMILES string of the molecule is CSc1ccc(Cc2c(Cl)ncccc(C(N=O)(C3=CC=C(C)NC3C)c3cnnn3C)cc(C)c2Cl)cc1. The molecule has 0 saturated carbocycles. The molecule has 10 heteroatoms. The van der Waals surface area contributed by atoms with Crippen LogP contribution in [0.3, 0.4) is 0 Å². The van der Waals surface area contributed by atoms with E-state index in [4.69, 9.17) is 23.2 Å². The topological polar surface area (TPSA) is 85.1 Å². The van der Waals surface area contributed by atoms with Crippen LogP contribution >= 0.6 is 35.0 Å². The van der Waals surface area contributed by atoms with E-state index < -0.39 is 5.54 Å². The van der Waals surface area contributed by atoms with Gasteiger partial charge in [0.05, 0.1) is 16.9 Å². The summed E-state index contributed by atoms with van der Waals surface area (Å²) in [6.07, 6.45) is 9.57. The average Bonchev–Trinajstić information content (AvgIpc) is 3.36. The molecule has 1 aliphatic rings. The fourth-order valence-electron chi connectivity index (χ4n) is 4.82. The molecule has 39 heavy (non-hydrogen) atoms. The summed E-state index contributed by atoms with van der Waals surface area (Å²) in [5.74, 6) is 0. The summed E-state index contributed by atoms with van der Waals surface area (Å²) < 4.78 is 1.57. The molecule has 0 radical (unpaired) electrons. The Labute approximate surface area is 243 Å². The number of halogens is 2. The van der Waals surface area contributed by atoms with Gasteiger partial charge in [-0.05, 0) is 78.7 Å². The van der Waals surface area contributed by atoms with E-state index in [-0.39, 0.29) is 6.04 Å². The molecule has 1 N–H and O–H groups in total. The van der Waals surface area contributed by atoms with Crippen molar-refractivity contribution in [2.45, 2.75) is 43.7 Å². The number of aryl methyl sites for hydroxylation is 2. The molecule has 1 aliphatic heterocycles. The smallest absolute Gasteiger partial charge is 0.194 e. The van der Waals surface area contributed by atoms with Crippen LogP contribution in [0.1, 0.15) is 41.8 Å². The van der Waals surface area contributed by atoms with Crippen LogP contribution in [0.25, 0.3) is 0 Å². The second kappa shape index (κ2) is 12.3. The standard InChI is InChI=1S/C29H30Cl2N6OS/c1-18-15-22(29(35-38,26-17-33-36-37(26)4)25-13-8-19(2)34-20(25)3)7-6-14-32-28(31)24(27(18)30)16-21-9-11-23(39-5)12-10-21/h6-15,17,20,34H,16H2,1-5H3. The molecule has 2 unspecified atom stereocenters. The Balaban J connectivity index is 1.98. The molecule has 3 aromatic rings. The van der Waals surface area contributed by atoms with Gasteiger partial charge < -0.3 is 5.32 Å². The largest absolute Gasteiger partial charge is 0.382 e. The Morgan fingerprint density at radius 3 is 2.51 bits per heavy atom. The first kappa shape index (κ1) is 28.8. The van der Waals surface area contributed by atoms with E-state index in [1.165, 1.54) is 4.90 Å². The minimum atomic E-state index is -1.44. The lowest BCUT2D eigenvalue weighted by molar-refractivity contribution is 0.498. The van der Waals surface area contributed by atoms with Crippen molar-refractivity contribution in [3.8, 4) is 0 Å². The van der Waals surface area contributed by atoms with Crippen molar-refractivity contribution in [3.63, 3.8) is 0 Å². The molecule has 0 amide bonds. The first-order chi connectivity index (χ1) is 18.7. The van der Waals surface area contributed by atoms with Crippen molar-refractivity contribution in [1.82, 2.24) is 25.3 Å². The van der Waals surface area contributed by atoms with E-state index >= 15 is 0 Å². The second-order valence-corrected chi connectivity index (χ2v) is 11.0. The Morgan fingerprint density at radius 1 is 1.15 bits per heavy atom. The molecular formula is C29H30Cl2N6OS. The zero-order chi connectivity index (χ0) is 28.2. The number of dihydropyridines is 1. The minimum absolute atomic E-state index is 0.185. The number of nitroso groups, excluding NO2 is 1. The summed E-state index contributed by atoms with van der Waals surface area (Å²) in [5, 5.41) is 16.1. The van der Waals surface area contributed by atoms with Crippen LogP contribution < -0.4 is 5.32 Å². The molecular weight excluding hydrogens is 551 g/mol. The van der Waals surface area contributed by atoms with E-state index in [0.717, 1.165) is 16.8 Å². The van der Waals surface area contributed by atoms with Gasteiger partial charge in [0.15, 0.2) is 5.54 Å². The highest BCUT2D eigenvalue weighted by Crippen LogP contribution is 2.43. The van der Waals surface area contributed by atoms with Gasteiger partial charge in [-0.25, -0.2) is 9.67 Å². The lowest BCUT2D eigenvalue weighted by atomic mass is 9.76. The lowest BCUT2D eigenvalue weighted by Crippen LogP contribution is -2.41. The molecule has 0 aliphatic carbocycles. The molecule has 7 nitrogen and oxygen atoms in total. The fourth-order valence-corrected chi connectivity index (χ4v) is 5.71. The number of rotatable bonds is 7. The van der Waals surface area contributed by atoms with Crippen LogP contribution in [0.2, 0.25) is 10.2 Å². The van der Waals surface area contributed by atoms with E-state index in [2.05, 4.69) is 50.1 Å². The van der Waals surface area contributed by atoms with Crippen LogP contribution in [0, 0.1) is 11.8 Å². The van der Waals surface area contributed by atoms with Gasteiger partial charge in [0.1, 0.15) is 5.15 Å². The van der Waals surface area contributed by atoms with Crippen molar-refractivity contribution >= 4 is 35.0 Å². The van der Waals surface area contributed by atoms with E-state index in [1.54, 1.807) is 48.0 Å². The summed E-state index contributed by atoms with van der Waals surface area (Å²) in [4.78, 5) is 18.7. The zero-order valence-corrected chi connectivity index (χ0v) is 24.8. The molecule has 2 atom stereocenters. The van der Waals surface area contributed by atoms with E-state index in [9.17, 15) is 4.91 Å². The van der Waals surface area contributed by atoms with Crippen molar-refractivity contribution in [3.05, 3.63) is 121 Å². The van der Waals surface area contributed by atoms with E-state index in [0.29, 0.717) is 39.0 Å². The van der Waals surface area contributed by atoms with Crippen molar-refractivity contribution < 1.29 is 0 Å². The van der Waals surface area contributed by atoms with Crippen molar-refractivity contribution in [2.75, 3.05) is 6.26 Å². The highest BCUT2D eigenvalue weighted by Gasteiger charge is 2.45. The van der Waals surface area contributed by atoms with Crippen LogP contribution in [0.5, 0.6) is 0 Å². The van der Waals surface area contributed by atoms with Gasteiger partial charge in [-0.1, -0.05) is 58.8 Å². The predicted octanol–water partition coefficient (Wildman–Crippen LogP) is 7.09. The number of nitrogens with one attached hydrogen (secondary N) is 1. The normalized spacial score (nSPS) is 16.3. The first-order valence-electron chi connectivity index (χ1n) is 12.4. The molecule has 202 valence electrons. The maximum absolute atomic E-state index is 13.1. The van der Waals surface area contributed by atoms with Gasteiger partial charge in [-0.2, -0.15) is 0 Å². The number of nitrogens with zero attached hydrogens (tertiary/aromatic N) is 5.